The summed E-state index contributed by atoms with van der Waals surface area (Å²) in [4.78, 5) is 24.2. The van der Waals surface area contributed by atoms with Gasteiger partial charge >= 0.3 is 5.97 Å². The van der Waals surface area contributed by atoms with E-state index in [1.54, 1.807) is 37.5 Å². The van der Waals surface area contributed by atoms with Gasteiger partial charge in [-0.15, -0.1) is 0 Å². The zero-order valence-electron chi connectivity index (χ0n) is 13.2. The molecule has 122 valence electrons. The van der Waals surface area contributed by atoms with Crippen LogP contribution in [0, 0.1) is 0 Å². The molecule has 0 unspecified atom stereocenters. The van der Waals surface area contributed by atoms with Gasteiger partial charge in [-0.2, -0.15) is 0 Å². The summed E-state index contributed by atoms with van der Waals surface area (Å²) in [6, 6.07) is 14.0. The van der Waals surface area contributed by atoms with Gasteiger partial charge in [-0.1, -0.05) is 18.2 Å². The molecule has 0 fully saturated rings. The van der Waals surface area contributed by atoms with Crippen molar-refractivity contribution in [1.29, 1.82) is 0 Å². The van der Waals surface area contributed by atoms with Crippen LogP contribution in [-0.2, 0) is 9.53 Å². The second-order valence-corrected chi connectivity index (χ2v) is 5.22. The van der Waals surface area contributed by atoms with Gasteiger partial charge in [-0.3, -0.25) is 4.79 Å². The monoisotopic (exact) mass is 324 g/mol. The Hall–Kier alpha value is -3.08. The van der Waals surface area contributed by atoms with Gasteiger partial charge in [-0.25, -0.2) is 4.79 Å². The van der Waals surface area contributed by atoms with Crippen LogP contribution >= 0.6 is 0 Å². The Morgan fingerprint density at radius 1 is 1.08 bits per heavy atom. The number of ether oxygens (including phenoxy) is 3. The highest BCUT2D eigenvalue weighted by Crippen LogP contribution is 2.26. The van der Waals surface area contributed by atoms with Gasteiger partial charge in [0.15, 0.2) is 12.4 Å². The first kappa shape index (κ1) is 15.8. The van der Waals surface area contributed by atoms with Gasteiger partial charge < -0.3 is 14.2 Å². The molecule has 2 aromatic carbocycles. The number of rotatable bonds is 5. The number of carbonyl (C=O) groups excluding carboxylic acids is 2. The Morgan fingerprint density at radius 3 is 2.58 bits per heavy atom. The van der Waals surface area contributed by atoms with E-state index >= 15 is 0 Å². The average Bonchev–Trinajstić information content (AvgIpc) is 2.65. The zero-order chi connectivity index (χ0) is 16.9. The molecule has 0 spiro atoms. The number of para-hydroxylation sites is 1. The molecule has 0 atom stereocenters. The van der Waals surface area contributed by atoms with E-state index in [9.17, 15) is 9.59 Å². The summed E-state index contributed by atoms with van der Waals surface area (Å²) in [5.74, 6) is 0.560. The fourth-order valence-electron chi connectivity index (χ4n) is 2.32. The second kappa shape index (κ2) is 7.00. The van der Waals surface area contributed by atoms with Crippen molar-refractivity contribution >= 4 is 17.8 Å². The minimum absolute atomic E-state index is 0.132. The first-order valence-electron chi connectivity index (χ1n) is 7.44. The highest BCUT2D eigenvalue weighted by Gasteiger charge is 2.19. The first-order chi connectivity index (χ1) is 11.7. The van der Waals surface area contributed by atoms with Gasteiger partial charge in [0.1, 0.15) is 18.1 Å². The van der Waals surface area contributed by atoms with Crippen molar-refractivity contribution in [2.45, 2.75) is 0 Å². The number of methoxy groups -OCH3 is 1. The second-order valence-electron chi connectivity index (χ2n) is 5.22. The summed E-state index contributed by atoms with van der Waals surface area (Å²) in [6.07, 6.45) is 1.72. The molecule has 3 rings (SSSR count). The number of esters is 1. The molecule has 5 nitrogen and oxygen atoms in total. The smallest absolute Gasteiger partial charge is 0.337 e. The van der Waals surface area contributed by atoms with Crippen molar-refractivity contribution < 1.29 is 23.8 Å². The summed E-state index contributed by atoms with van der Waals surface area (Å²) in [5.41, 5.74) is 1.66. The van der Waals surface area contributed by atoms with Gasteiger partial charge in [0.05, 0.1) is 12.7 Å². The summed E-state index contributed by atoms with van der Waals surface area (Å²) in [7, 11) is 1.55. The molecule has 1 aliphatic rings. The zero-order valence-corrected chi connectivity index (χ0v) is 13.2. The predicted octanol–water partition coefficient (Wildman–Crippen LogP) is 2.90. The van der Waals surface area contributed by atoms with Crippen LogP contribution in [0.5, 0.6) is 11.5 Å². The average molecular weight is 324 g/mol. The van der Waals surface area contributed by atoms with E-state index in [1.807, 2.05) is 24.3 Å². The van der Waals surface area contributed by atoms with Crippen molar-refractivity contribution in [3.63, 3.8) is 0 Å². The van der Waals surface area contributed by atoms with Crippen LogP contribution in [-0.4, -0.2) is 32.1 Å². The minimum atomic E-state index is -0.550. The summed E-state index contributed by atoms with van der Waals surface area (Å²) in [6.45, 7) is -0.184. The lowest BCUT2D eigenvalue weighted by Gasteiger charge is -2.16. The van der Waals surface area contributed by atoms with E-state index in [0.717, 1.165) is 11.3 Å². The van der Waals surface area contributed by atoms with E-state index in [-0.39, 0.29) is 19.0 Å². The maximum Gasteiger partial charge on any atom is 0.337 e. The van der Waals surface area contributed by atoms with E-state index in [2.05, 4.69) is 0 Å². The number of hydrogen-bond donors (Lipinski definition) is 0. The molecule has 1 aliphatic heterocycles. The highest BCUT2D eigenvalue weighted by molar-refractivity contribution is 6.00. The van der Waals surface area contributed by atoms with Crippen molar-refractivity contribution in [3.8, 4) is 11.5 Å². The summed E-state index contributed by atoms with van der Waals surface area (Å²) in [5, 5.41) is 0. The normalized spacial score (nSPS) is 12.5. The highest BCUT2D eigenvalue weighted by atomic mass is 16.5. The predicted molar refractivity (Wildman–Crippen MR) is 88.2 cm³/mol. The number of Topliss-reactive ketones (excluding diaryl/α,β-unsaturated/α-hetero) is 1. The first-order valence-corrected chi connectivity index (χ1v) is 7.44. The molecular weight excluding hydrogens is 308 g/mol. The third kappa shape index (κ3) is 3.46. The topological polar surface area (TPSA) is 61.8 Å². The standard InChI is InChI=1S/C19H16O5/c1-22-16-8-6-13(7-9-16)17(20)12-24-19(21)15-10-14-4-2-3-5-18(14)23-11-15/h2-10H,11-12H2,1H3. The molecule has 2 aromatic rings. The number of benzene rings is 2. The molecule has 0 radical (unpaired) electrons. The molecular formula is C19H16O5. The third-order valence-corrected chi connectivity index (χ3v) is 3.64. The maximum atomic E-state index is 12.1. The lowest BCUT2D eigenvalue weighted by Crippen LogP contribution is -2.20. The fraction of sp³-hybridized carbons (Fsp3) is 0.158. The number of carbonyl (C=O) groups is 2. The molecule has 0 aromatic heterocycles. The lowest BCUT2D eigenvalue weighted by atomic mass is 10.1. The molecule has 0 saturated carbocycles. The Labute approximate surface area is 139 Å². The molecule has 24 heavy (non-hydrogen) atoms. The van der Waals surface area contributed by atoms with Gasteiger partial charge in [0.2, 0.25) is 0 Å². The van der Waals surface area contributed by atoms with Crippen LogP contribution in [0.25, 0.3) is 6.08 Å². The Morgan fingerprint density at radius 2 is 1.83 bits per heavy atom. The van der Waals surface area contributed by atoms with E-state index < -0.39 is 5.97 Å². The third-order valence-electron chi connectivity index (χ3n) is 3.64. The van der Waals surface area contributed by atoms with Crippen LogP contribution in [0.4, 0.5) is 0 Å². The van der Waals surface area contributed by atoms with Crippen LogP contribution < -0.4 is 9.47 Å². The number of hydrogen-bond acceptors (Lipinski definition) is 5. The molecule has 5 heteroatoms. The maximum absolute atomic E-state index is 12.1. The lowest BCUT2D eigenvalue weighted by molar-refractivity contribution is -0.138. The molecule has 0 amide bonds. The molecule has 1 heterocycles. The molecule has 0 aliphatic carbocycles. The van der Waals surface area contributed by atoms with Gasteiger partial charge in [0, 0.05) is 11.1 Å². The molecule has 0 N–H and O–H groups in total. The van der Waals surface area contributed by atoms with Crippen LogP contribution in [0.15, 0.2) is 54.1 Å². The van der Waals surface area contributed by atoms with E-state index in [4.69, 9.17) is 14.2 Å². The van der Waals surface area contributed by atoms with E-state index in [0.29, 0.717) is 16.9 Å². The Bertz CT molecular complexity index is 790. The Balaban J connectivity index is 1.61. The van der Waals surface area contributed by atoms with Crippen molar-refractivity contribution in [1.82, 2.24) is 0 Å². The summed E-state index contributed by atoms with van der Waals surface area (Å²) >= 11 is 0. The fourth-order valence-corrected chi connectivity index (χ4v) is 2.32. The SMILES string of the molecule is COc1ccc(C(=O)COC(=O)C2=Cc3ccccc3OC2)cc1. The van der Waals surface area contributed by atoms with Gasteiger partial charge in [-0.05, 0) is 36.4 Å². The molecule has 0 bridgehead atoms. The summed E-state index contributed by atoms with van der Waals surface area (Å²) < 4.78 is 15.6. The quantitative estimate of drug-likeness (QED) is 0.625. The minimum Gasteiger partial charge on any atom is -0.497 e. The van der Waals surface area contributed by atoms with Crippen molar-refractivity contribution in [2.24, 2.45) is 0 Å². The largest absolute Gasteiger partial charge is 0.497 e. The van der Waals surface area contributed by atoms with Gasteiger partial charge in [0.25, 0.3) is 0 Å². The number of ketones is 1. The van der Waals surface area contributed by atoms with Crippen molar-refractivity contribution in [2.75, 3.05) is 20.3 Å². The van der Waals surface area contributed by atoms with Crippen LogP contribution in [0.2, 0.25) is 0 Å². The molecule has 0 saturated heterocycles. The van der Waals surface area contributed by atoms with E-state index in [1.165, 1.54) is 0 Å². The van der Waals surface area contributed by atoms with Crippen LogP contribution in [0.3, 0.4) is 0 Å². The Kier molecular flexibility index (Phi) is 4.61. The number of fused-ring (bicyclic) bond motifs is 1. The van der Waals surface area contributed by atoms with Crippen molar-refractivity contribution in [3.05, 3.63) is 65.2 Å². The van der Waals surface area contributed by atoms with Crippen LogP contribution in [0.1, 0.15) is 15.9 Å².